The van der Waals surface area contributed by atoms with Crippen LogP contribution in [0.15, 0.2) is 12.2 Å². The Kier molecular flexibility index (Phi) is 13.7. The number of carbonyl (C=O) groups is 1. The summed E-state index contributed by atoms with van der Waals surface area (Å²) in [5.41, 5.74) is 0.799. The lowest BCUT2D eigenvalue weighted by molar-refractivity contribution is -0.137. The highest BCUT2D eigenvalue weighted by Gasteiger charge is 1.96. The Morgan fingerprint density at radius 1 is 0.952 bits per heavy atom. The number of carboxylic acids is 1. The van der Waals surface area contributed by atoms with E-state index >= 15 is 0 Å². The van der Waals surface area contributed by atoms with E-state index in [1.54, 1.807) is 0 Å². The van der Waals surface area contributed by atoms with Crippen molar-refractivity contribution in [3.8, 4) is 12.3 Å². The van der Waals surface area contributed by atoms with Crippen molar-refractivity contribution in [3.05, 3.63) is 12.2 Å². The van der Waals surface area contributed by atoms with Gasteiger partial charge in [-0.25, -0.2) is 0 Å². The van der Waals surface area contributed by atoms with Gasteiger partial charge in [-0.05, 0) is 44.9 Å². The van der Waals surface area contributed by atoms with Crippen molar-refractivity contribution >= 4 is 11.7 Å². The fourth-order valence-corrected chi connectivity index (χ4v) is 2.09. The van der Waals surface area contributed by atoms with E-state index in [0.29, 0.717) is 6.42 Å². The molecule has 0 atom stereocenters. The van der Waals surface area contributed by atoms with Crippen LogP contribution in [0.2, 0.25) is 0 Å². The van der Waals surface area contributed by atoms with Gasteiger partial charge in [0.05, 0.1) is 0 Å². The molecule has 0 fully saturated rings. The van der Waals surface area contributed by atoms with Gasteiger partial charge in [0.25, 0.3) is 0 Å². The summed E-state index contributed by atoms with van der Waals surface area (Å²) in [6.45, 7) is 0. The number of hydrogen-bond acceptors (Lipinski definition) is 2. The van der Waals surface area contributed by atoms with Gasteiger partial charge in [-0.3, -0.25) is 4.79 Å². The van der Waals surface area contributed by atoms with Gasteiger partial charge < -0.3 is 10.5 Å². The normalized spacial score (nSPS) is 10.6. The zero-order valence-electron chi connectivity index (χ0n) is 13.1. The molecule has 0 rings (SSSR count). The van der Waals surface area contributed by atoms with Crippen LogP contribution < -0.4 is 0 Å². The third-order valence-corrected chi connectivity index (χ3v) is 3.34. The molecule has 118 valence electrons. The van der Waals surface area contributed by atoms with Crippen LogP contribution >= 0.6 is 0 Å². The molecule has 0 aliphatic rings. The van der Waals surface area contributed by atoms with Crippen LogP contribution in [0.5, 0.6) is 0 Å². The zero-order chi connectivity index (χ0) is 15.8. The Morgan fingerprint density at radius 3 is 2.33 bits per heavy atom. The number of terminal acetylenes is 1. The predicted molar refractivity (Wildman–Crippen MR) is 88.7 cm³/mol. The average molecular weight is 291 g/mol. The zero-order valence-corrected chi connectivity index (χ0v) is 13.1. The number of nitrogens with one attached hydrogen (secondary N) is 1. The van der Waals surface area contributed by atoms with Gasteiger partial charge >= 0.3 is 5.97 Å². The summed E-state index contributed by atoms with van der Waals surface area (Å²) in [6, 6.07) is 0. The second-order valence-electron chi connectivity index (χ2n) is 5.37. The second kappa shape index (κ2) is 14.8. The summed E-state index contributed by atoms with van der Waals surface area (Å²) < 4.78 is 0. The average Bonchev–Trinajstić information content (AvgIpc) is 2.44. The second-order valence-corrected chi connectivity index (χ2v) is 5.37. The summed E-state index contributed by atoms with van der Waals surface area (Å²) in [5, 5.41) is 16.3. The van der Waals surface area contributed by atoms with Crippen LogP contribution in [-0.4, -0.2) is 16.8 Å². The molecule has 0 aliphatic heterocycles. The molecule has 0 amide bonds. The van der Waals surface area contributed by atoms with E-state index in [0.717, 1.165) is 63.5 Å². The van der Waals surface area contributed by atoms with Crippen molar-refractivity contribution in [3.63, 3.8) is 0 Å². The minimum absolute atomic E-state index is 0.299. The molecule has 0 heterocycles. The highest BCUT2D eigenvalue weighted by molar-refractivity contribution is 5.81. The SMILES string of the molecule is C#CCCCC(=N)CC/C=C\CCCCCCCC(=O)O. The molecule has 0 aromatic heterocycles. The van der Waals surface area contributed by atoms with Gasteiger partial charge in [-0.15, -0.1) is 12.3 Å². The van der Waals surface area contributed by atoms with Crippen LogP contribution in [0, 0.1) is 17.8 Å². The Balaban J connectivity index is 3.27. The van der Waals surface area contributed by atoms with Gasteiger partial charge in [0, 0.05) is 18.6 Å². The number of hydrogen-bond donors (Lipinski definition) is 2. The lowest BCUT2D eigenvalue weighted by atomic mass is 10.1. The molecule has 3 nitrogen and oxygen atoms in total. The first kappa shape index (κ1) is 19.4. The number of aliphatic carboxylic acids is 1. The molecule has 0 aliphatic carbocycles. The van der Waals surface area contributed by atoms with Crippen LogP contribution in [0.3, 0.4) is 0 Å². The van der Waals surface area contributed by atoms with Crippen LogP contribution in [0.4, 0.5) is 0 Å². The molecule has 0 unspecified atom stereocenters. The third-order valence-electron chi connectivity index (χ3n) is 3.34. The van der Waals surface area contributed by atoms with Crippen molar-refractivity contribution in [2.45, 2.75) is 77.0 Å². The van der Waals surface area contributed by atoms with Crippen LogP contribution in [0.25, 0.3) is 0 Å². The molecule has 0 aromatic rings. The minimum atomic E-state index is -0.692. The van der Waals surface area contributed by atoms with Gasteiger partial charge in [-0.1, -0.05) is 31.4 Å². The first-order valence-electron chi connectivity index (χ1n) is 8.03. The first-order valence-corrected chi connectivity index (χ1v) is 8.03. The summed E-state index contributed by atoms with van der Waals surface area (Å²) >= 11 is 0. The summed E-state index contributed by atoms with van der Waals surface area (Å²) in [7, 11) is 0. The van der Waals surface area contributed by atoms with Crippen molar-refractivity contribution in [1.82, 2.24) is 0 Å². The van der Waals surface area contributed by atoms with Crippen molar-refractivity contribution < 1.29 is 9.90 Å². The van der Waals surface area contributed by atoms with E-state index in [-0.39, 0.29) is 0 Å². The Bertz CT molecular complexity index is 353. The van der Waals surface area contributed by atoms with E-state index in [1.807, 2.05) is 0 Å². The summed E-state index contributed by atoms with van der Waals surface area (Å²) in [5.74, 6) is 1.91. The topological polar surface area (TPSA) is 61.2 Å². The van der Waals surface area contributed by atoms with Gasteiger partial charge in [0.1, 0.15) is 0 Å². The molecule has 0 radical (unpaired) electrons. The fourth-order valence-electron chi connectivity index (χ4n) is 2.09. The van der Waals surface area contributed by atoms with E-state index in [1.165, 1.54) is 12.8 Å². The molecule has 0 saturated carbocycles. The van der Waals surface area contributed by atoms with Crippen LogP contribution in [0.1, 0.15) is 77.0 Å². The number of allylic oxidation sites excluding steroid dienone is 2. The summed E-state index contributed by atoms with van der Waals surface area (Å²) in [6.07, 6.45) is 20.5. The first-order chi connectivity index (χ1) is 10.2. The molecule has 2 N–H and O–H groups in total. The van der Waals surface area contributed by atoms with E-state index in [9.17, 15) is 4.79 Å². The van der Waals surface area contributed by atoms with Gasteiger partial charge in [0.15, 0.2) is 0 Å². The smallest absolute Gasteiger partial charge is 0.303 e. The maximum Gasteiger partial charge on any atom is 0.303 e. The van der Waals surface area contributed by atoms with Crippen molar-refractivity contribution in [2.24, 2.45) is 0 Å². The maximum absolute atomic E-state index is 10.3. The fraction of sp³-hybridized carbons (Fsp3) is 0.667. The van der Waals surface area contributed by atoms with Gasteiger partial charge in [0.2, 0.25) is 0 Å². The standard InChI is InChI=1S/C18H29NO2/c1-2-3-11-14-17(19)15-12-9-7-5-4-6-8-10-13-16-18(20)21/h1,7,9,19H,3-6,8,10-16H2,(H,20,21)/b9-7-,19-17?. The Hall–Kier alpha value is -1.56. The molecule has 3 heteroatoms. The van der Waals surface area contributed by atoms with Crippen LogP contribution in [-0.2, 0) is 4.79 Å². The molecule has 0 aromatic carbocycles. The van der Waals surface area contributed by atoms with E-state index in [4.69, 9.17) is 16.9 Å². The molecule has 0 saturated heterocycles. The number of rotatable bonds is 14. The molecule has 0 bridgehead atoms. The van der Waals surface area contributed by atoms with E-state index < -0.39 is 5.97 Å². The lowest BCUT2D eigenvalue weighted by Crippen LogP contribution is -1.94. The largest absolute Gasteiger partial charge is 0.481 e. The maximum atomic E-state index is 10.3. The lowest BCUT2D eigenvalue weighted by Gasteiger charge is -2.00. The third kappa shape index (κ3) is 16.4. The van der Waals surface area contributed by atoms with Crippen molar-refractivity contribution in [2.75, 3.05) is 0 Å². The Morgan fingerprint density at radius 2 is 1.62 bits per heavy atom. The number of carboxylic acid groups (broad SMARTS) is 1. The summed E-state index contributed by atoms with van der Waals surface area (Å²) in [4.78, 5) is 10.3. The molecular weight excluding hydrogens is 262 g/mol. The monoisotopic (exact) mass is 291 g/mol. The molecular formula is C18H29NO2. The highest BCUT2D eigenvalue weighted by atomic mass is 16.4. The Labute approximate surface area is 129 Å². The predicted octanol–water partition coefficient (Wildman–Crippen LogP) is 4.96. The number of unbranched alkanes of at least 4 members (excludes halogenated alkanes) is 6. The quantitative estimate of drug-likeness (QED) is 0.206. The highest BCUT2D eigenvalue weighted by Crippen LogP contribution is 2.08. The van der Waals surface area contributed by atoms with Gasteiger partial charge in [-0.2, -0.15) is 0 Å². The van der Waals surface area contributed by atoms with E-state index in [2.05, 4.69) is 18.1 Å². The van der Waals surface area contributed by atoms with Crippen molar-refractivity contribution in [1.29, 1.82) is 5.41 Å². The minimum Gasteiger partial charge on any atom is -0.481 e. The molecule has 21 heavy (non-hydrogen) atoms. The molecule has 0 spiro atoms.